The number of hydrogen-bond acceptors (Lipinski definition) is 2. The summed E-state index contributed by atoms with van der Waals surface area (Å²) in [6.45, 7) is 10.8. The zero-order valence-corrected chi connectivity index (χ0v) is 9.72. The first-order valence-electron chi connectivity index (χ1n) is 4.95. The van der Waals surface area contributed by atoms with Gasteiger partial charge in [0.25, 0.3) is 0 Å². The van der Waals surface area contributed by atoms with Gasteiger partial charge >= 0.3 is 0 Å². The molecule has 0 aliphatic carbocycles. The quantitative estimate of drug-likeness (QED) is 0.720. The molecule has 0 atom stereocenters. The third kappa shape index (κ3) is 3.46. The van der Waals surface area contributed by atoms with E-state index in [2.05, 4.69) is 31.8 Å². The molecule has 78 valence electrons. The highest BCUT2D eigenvalue weighted by molar-refractivity contribution is 5.20. The molecular weight excluding hydrogens is 174 g/mol. The Hall–Kier alpha value is -0.890. The average Bonchev–Trinajstić information content (AvgIpc) is 2.00. The van der Waals surface area contributed by atoms with Crippen LogP contribution in [0, 0.1) is 13.8 Å². The van der Waals surface area contributed by atoms with Crippen molar-refractivity contribution in [1.29, 1.82) is 0 Å². The van der Waals surface area contributed by atoms with Gasteiger partial charge in [0, 0.05) is 11.4 Å². The van der Waals surface area contributed by atoms with Crippen molar-refractivity contribution in [2.45, 2.75) is 46.8 Å². The van der Waals surface area contributed by atoms with Crippen molar-refractivity contribution >= 4 is 0 Å². The summed E-state index contributed by atoms with van der Waals surface area (Å²) in [5.41, 5.74) is 3.21. The lowest BCUT2D eigenvalue weighted by Gasteiger charge is -2.20. The molecule has 0 N–H and O–H groups in total. The first-order valence-corrected chi connectivity index (χ1v) is 4.95. The predicted octanol–water partition coefficient (Wildman–Crippen LogP) is 3.01. The summed E-state index contributed by atoms with van der Waals surface area (Å²) in [6, 6.07) is 4.11. The maximum atomic E-state index is 5.70. The first-order chi connectivity index (χ1) is 6.38. The minimum Gasteiger partial charge on any atom is -0.371 e. The highest BCUT2D eigenvalue weighted by Gasteiger charge is 2.11. The minimum atomic E-state index is -0.0860. The molecule has 0 saturated heterocycles. The molecule has 0 aromatic carbocycles. The zero-order valence-electron chi connectivity index (χ0n) is 9.72. The van der Waals surface area contributed by atoms with Crippen LogP contribution in [0.4, 0.5) is 0 Å². The molecule has 1 heterocycles. The van der Waals surface area contributed by atoms with E-state index >= 15 is 0 Å². The lowest BCUT2D eigenvalue weighted by Crippen LogP contribution is -2.19. The first kappa shape index (κ1) is 11.2. The van der Waals surface area contributed by atoms with Crippen molar-refractivity contribution in [3.05, 3.63) is 29.1 Å². The monoisotopic (exact) mass is 193 g/mol. The van der Waals surface area contributed by atoms with E-state index in [9.17, 15) is 0 Å². The van der Waals surface area contributed by atoms with Crippen LogP contribution in [0.15, 0.2) is 12.1 Å². The SMILES string of the molecule is Cc1ccc(COC(C)(C)C)c(C)n1. The molecule has 0 fully saturated rings. The van der Waals surface area contributed by atoms with Gasteiger partial charge in [-0.2, -0.15) is 0 Å². The van der Waals surface area contributed by atoms with E-state index in [0.29, 0.717) is 6.61 Å². The van der Waals surface area contributed by atoms with Crippen LogP contribution < -0.4 is 0 Å². The Morgan fingerprint density at radius 1 is 1.21 bits per heavy atom. The lowest BCUT2D eigenvalue weighted by atomic mass is 10.1. The van der Waals surface area contributed by atoms with Crippen LogP contribution in [0.25, 0.3) is 0 Å². The molecule has 0 aliphatic heterocycles. The third-order valence-electron chi connectivity index (χ3n) is 2.00. The van der Waals surface area contributed by atoms with Gasteiger partial charge in [0.2, 0.25) is 0 Å². The molecule has 0 unspecified atom stereocenters. The molecule has 0 bridgehead atoms. The molecule has 1 aromatic rings. The molecule has 0 saturated carbocycles. The van der Waals surface area contributed by atoms with Gasteiger partial charge in [0.05, 0.1) is 12.2 Å². The highest BCUT2D eigenvalue weighted by atomic mass is 16.5. The van der Waals surface area contributed by atoms with Crippen molar-refractivity contribution < 1.29 is 4.74 Å². The molecule has 14 heavy (non-hydrogen) atoms. The Morgan fingerprint density at radius 3 is 2.36 bits per heavy atom. The van der Waals surface area contributed by atoms with Gasteiger partial charge < -0.3 is 4.74 Å². The van der Waals surface area contributed by atoms with E-state index in [4.69, 9.17) is 4.74 Å². The minimum absolute atomic E-state index is 0.0860. The number of aryl methyl sites for hydroxylation is 2. The van der Waals surface area contributed by atoms with Crippen LogP contribution in [0.2, 0.25) is 0 Å². The van der Waals surface area contributed by atoms with Gasteiger partial charge in [-0.25, -0.2) is 0 Å². The fraction of sp³-hybridized carbons (Fsp3) is 0.583. The Bertz CT molecular complexity index is 313. The molecule has 0 spiro atoms. The van der Waals surface area contributed by atoms with Gasteiger partial charge in [0.1, 0.15) is 0 Å². The van der Waals surface area contributed by atoms with Crippen molar-refractivity contribution in [2.24, 2.45) is 0 Å². The van der Waals surface area contributed by atoms with Gasteiger partial charge in [-0.3, -0.25) is 4.98 Å². The van der Waals surface area contributed by atoms with E-state index in [0.717, 1.165) is 11.4 Å². The second-order valence-corrected chi connectivity index (χ2v) is 4.60. The van der Waals surface area contributed by atoms with E-state index in [1.807, 2.05) is 19.9 Å². The van der Waals surface area contributed by atoms with Crippen LogP contribution in [0.1, 0.15) is 37.7 Å². The van der Waals surface area contributed by atoms with E-state index in [1.165, 1.54) is 5.56 Å². The third-order valence-corrected chi connectivity index (χ3v) is 2.00. The molecule has 0 aliphatic rings. The predicted molar refractivity (Wildman–Crippen MR) is 58.3 cm³/mol. The molecule has 1 aromatic heterocycles. The van der Waals surface area contributed by atoms with Crippen LogP contribution in [0.5, 0.6) is 0 Å². The second-order valence-electron chi connectivity index (χ2n) is 4.60. The summed E-state index contributed by atoms with van der Waals surface area (Å²) in [5.74, 6) is 0. The fourth-order valence-corrected chi connectivity index (χ4v) is 1.16. The van der Waals surface area contributed by atoms with Crippen molar-refractivity contribution in [3.63, 3.8) is 0 Å². The summed E-state index contributed by atoms with van der Waals surface area (Å²) in [4.78, 5) is 4.39. The number of hydrogen-bond donors (Lipinski definition) is 0. The standard InChI is InChI=1S/C12H19NO/c1-9-6-7-11(10(2)13-9)8-14-12(3,4)5/h6-7H,8H2,1-5H3. The number of rotatable bonds is 2. The second kappa shape index (κ2) is 4.09. The van der Waals surface area contributed by atoms with Crippen LogP contribution in [0.3, 0.4) is 0 Å². The van der Waals surface area contributed by atoms with Crippen LogP contribution >= 0.6 is 0 Å². The molecule has 2 nitrogen and oxygen atoms in total. The Morgan fingerprint density at radius 2 is 1.86 bits per heavy atom. The Balaban J connectivity index is 2.68. The fourth-order valence-electron chi connectivity index (χ4n) is 1.16. The highest BCUT2D eigenvalue weighted by Crippen LogP contribution is 2.13. The normalized spacial score (nSPS) is 11.8. The summed E-state index contributed by atoms with van der Waals surface area (Å²) >= 11 is 0. The zero-order chi connectivity index (χ0) is 10.8. The molecular formula is C12H19NO. The number of ether oxygens (including phenoxy) is 1. The van der Waals surface area contributed by atoms with Crippen molar-refractivity contribution in [3.8, 4) is 0 Å². The van der Waals surface area contributed by atoms with Gasteiger partial charge in [0.15, 0.2) is 0 Å². The maximum absolute atomic E-state index is 5.70. The topological polar surface area (TPSA) is 22.1 Å². The molecule has 0 amide bonds. The summed E-state index contributed by atoms with van der Waals surface area (Å²) in [5, 5.41) is 0. The summed E-state index contributed by atoms with van der Waals surface area (Å²) < 4.78 is 5.70. The van der Waals surface area contributed by atoms with Crippen molar-refractivity contribution in [1.82, 2.24) is 4.98 Å². The largest absolute Gasteiger partial charge is 0.371 e. The van der Waals surface area contributed by atoms with E-state index < -0.39 is 0 Å². The average molecular weight is 193 g/mol. The van der Waals surface area contributed by atoms with E-state index in [-0.39, 0.29) is 5.60 Å². The summed E-state index contributed by atoms with van der Waals surface area (Å²) in [6.07, 6.45) is 0. The Kier molecular flexibility index (Phi) is 3.27. The van der Waals surface area contributed by atoms with Crippen LogP contribution in [-0.4, -0.2) is 10.6 Å². The van der Waals surface area contributed by atoms with Gasteiger partial charge in [-0.15, -0.1) is 0 Å². The van der Waals surface area contributed by atoms with Gasteiger partial charge in [-0.1, -0.05) is 6.07 Å². The lowest BCUT2D eigenvalue weighted by molar-refractivity contribution is -0.0152. The molecule has 2 heteroatoms. The van der Waals surface area contributed by atoms with Crippen molar-refractivity contribution in [2.75, 3.05) is 0 Å². The molecule has 0 radical (unpaired) electrons. The summed E-state index contributed by atoms with van der Waals surface area (Å²) in [7, 11) is 0. The van der Waals surface area contributed by atoms with E-state index in [1.54, 1.807) is 0 Å². The maximum Gasteiger partial charge on any atom is 0.0741 e. The number of nitrogens with zero attached hydrogens (tertiary/aromatic N) is 1. The van der Waals surface area contributed by atoms with Crippen LogP contribution in [-0.2, 0) is 11.3 Å². The number of pyridine rings is 1. The van der Waals surface area contributed by atoms with Gasteiger partial charge in [-0.05, 0) is 46.2 Å². The Labute approximate surface area is 86.3 Å². The smallest absolute Gasteiger partial charge is 0.0741 e. The molecule has 1 rings (SSSR count). The number of aromatic nitrogens is 1.